The van der Waals surface area contributed by atoms with Gasteiger partial charge in [0.25, 0.3) is 5.91 Å². The Labute approximate surface area is 134 Å². The molecule has 0 bridgehead atoms. The first kappa shape index (κ1) is 15.3. The Morgan fingerprint density at radius 3 is 2.35 bits per heavy atom. The van der Waals surface area contributed by atoms with Crippen molar-refractivity contribution >= 4 is 50.7 Å². The first-order valence-corrected chi connectivity index (χ1v) is 7.15. The first-order valence-electron chi connectivity index (χ1n) is 5.60. The lowest BCUT2D eigenvalue weighted by molar-refractivity contribution is 0.102. The number of benzene rings is 2. The summed E-state index contributed by atoms with van der Waals surface area (Å²) in [7, 11) is 0. The lowest BCUT2D eigenvalue weighted by Gasteiger charge is -2.11. The molecule has 0 heterocycles. The van der Waals surface area contributed by atoms with Gasteiger partial charge < -0.3 is 5.32 Å². The van der Waals surface area contributed by atoms with Crippen LogP contribution in [0.3, 0.4) is 0 Å². The second-order valence-corrected chi connectivity index (χ2v) is 5.85. The quantitative estimate of drug-likeness (QED) is 0.741. The molecule has 0 radical (unpaired) electrons. The molecular weight excluding hydrogens is 368 g/mol. The Morgan fingerprint density at radius 2 is 1.80 bits per heavy atom. The van der Waals surface area contributed by atoms with Crippen LogP contribution >= 0.6 is 39.1 Å². The molecule has 0 fully saturated rings. The molecule has 1 N–H and O–H groups in total. The number of anilines is 1. The molecule has 2 rings (SSSR count). The average molecular weight is 377 g/mol. The number of carbonyl (C=O) groups excluding carboxylic acids is 1. The van der Waals surface area contributed by atoms with Gasteiger partial charge in [0.15, 0.2) is 0 Å². The summed E-state index contributed by atoms with van der Waals surface area (Å²) in [5, 5.41) is 2.68. The summed E-state index contributed by atoms with van der Waals surface area (Å²) in [5.74, 6) is -0.943. The van der Waals surface area contributed by atoms with Gasteiger partial charge in [-0.15, -0.1) is 0 Å². The summed E-state index contributed by atoms with van der Waals surface area (Å²) in [4.78, 5) is 12.2. The molecule has 0 saturated heterocycles. The molecule has 104 valence electrons. The van der Waals surface area contributed by atoms with E-state index in [0.717, 1.165) is 17.7 Å². The fraction of sp³-hybridized carbons (Fsp3) is 0.0714. The highest BCUT2D eigenvalue weighted by Crippen LogP contribution is 2.32. The van der Waals surface area contributed by atoms with Crippen LogP contribution in [0.4, 0.5) is 10.1 Å². The van der Waals surface area contributed by atoms with Crippen LogP contribution in [0, 0.1) is 12.7 Å². The van der Waals surface area contributed by atoms with E-state index in [1.165, 1.54) is 0 Å². The van der Waals surface area contributed by atoms with Gasteiger partial charge in [0, 0.05) is 4.47 Å². The Hall–Kier alpha value is -1.10. The molecule has 0 unspecified atom stereocenters. The molecule has 2 aromatic carbocycles. The zero-order chi connectivity index (χ0) is 14.9. The topological polar surface area (TPSA) is 29.1 Å². The Kier molecular flexibility index (Phi) is 4.68. The number of rotatable bonds is 2. The third-order valence-electron chi connectivity index (χ3n) is 2.61. The largest absolute Gasteiger partial charge is 0.319 e. The van der Waals surface area contributed by atoms with Crippen molar-refractivity contribution in [2.45, 2.75) is 6.92 Å². The maximum atomic E-state index is 13.1. The van der Waals surface area contributed by atoms with E-state index in [9.17, 15) is 9.18 Å². The van der Waals surface area contributed by atoms with Crippen molar-refractivity contribution in [3.63, 3.8) is 0 Å². The van der Waals surface area contributed by atoms with Crippen molar-refractivity contribution in [1.82, 2.24) is 0 Å². The number of hydrogen-bond donors (Lipinski definition) is 1. The van der Waals surface area contributed by atoms with Crippen molar-refractivity contribution in [1.29, 1.82) is 0 Å². The fourth-order valence-electron chi connectivity index (χ4n) is 1.65. The van der Waals surface area contributed by atoms with Crippen molar-refractivity contribution < 1.29 is 9.18 Å². The van der Waals surface area contributed by atoms with Crippen molar-refractivity contribution in [3.05, 3.63) is 61.8 Å². The number of carbonyl (C=O) groups is 1. The van der Waals surface area contributed by atoms with E-state index in [1.807, 2.05) is 19.1 Å². The van der Waals surface area contributed by atoms with E-state index < -0.39 is 5.82 Å². The normalized spacial score (nSPS) is 10.4. The van der Waals surface area contributed by atoms with Gasteiger partial charge in [0.2, 0.25) is 0 Å². The van der Waals surface area contributed by atoms with E-state index in [-0.39, 0.29) is 21.6 Å². The van der Waals surface area contributed by atoms with Crippen LogP contribution in [0.25, 0.3) is 0 Å². The van der Waals surface area contributed by atoms with E-state index >= 15 is 0 Å². The molecule has 0 aliphatic heterocycles. The van der Waals surface area contributed by atoms with Crippen LogP contribution in [-0.2, 0) is 0 Å². The predicted molar refractivity (Wildman–Crippen MR) is 83.3 cm³/mol. The van der Waals surface area contributed by atoms with E-state index in [2.05, 4.69) is 21.2 Å². The molecule has 2 nitrogen and oxygen atoms in total. The lowest BCUT2D eigenvalue weighted by atomic mass is 10.1. The molecule has 20 heavy (non-hydrogen) atoms. The molecule has 0 aromatic heterocycles. The van der Waals surface area contributed by atoms with Gasteiger partial charge in [-0.05, 0) is 52.7 Å². The van der Waals surface area contributed by atoms with Gasteiger partial charge in [0.1, 0.15) is 5.82 Å². The SMILES string of the molecule is Cc1ccc(C(=O)Nc2c(Cl)cc(F)cc2Cl)c(Br)c1. The summed E-state index contributed by atoms with van der Waals surface area (Å²) < 4.78 is 13.7. The van der Waals surface area contributed by atoms with Crippen molar-refractivity contribution in [2.75, 3.05) is 5.32 Å². The molecule has 2 aromatic rings. The van der Waals surface area contributed by atoms with Gasteiger partial charge >= 0.3 is 0 Å². The summed E-state index contributed by atoms with van der Waals surface area (Å²) in [5.41, 5.74) is 1.64. The van der Waals surface area contributed by atoms with Gasteiger partial charge in [-0.3, -0.25) is 4.79 Å². The second-order valence-electron chi connectivity index (χ2n) is 4.18. The Bertz CT molecular complexity index is 668. The zero-order valence-corrected chi connectivity index (χ0v) is 13.4. The molecule has 0 spiro atoms. The molecule has 0 aliphatic rings. The van der Waals surface area contributed by atoms with Crippen molar-refractivity contribution in [2.24, 2.45) is 0 Å². The third kappa shape index (κ3) is 3.32. The number of nitrogens with one attached hydrogen (secondary N) is 1. The molecule has 0 aliphatic carbocycles. The highest BCUT2D eigenvalue weighted by molar-refractivity contribution is 9.10. The lowest BCUT2D eigenvalue weighted by Crippen LogP contribution is -2.13. The van der Waals surface area contributed by atoms with E-state index in [4.69, 9.17) is 23.2 Å². The van der Waals surface area contributed by atoms with Crippen LogP contribution in [0.15, 0.2) is 34.8 Å². The molecule has 6 heteroatoms. The van der Waals surface area contributed by atoms with Crippen LogP contribution < -0.4 is 5.32 Å². The van der Waals surface area contributed by atoms with Crippen LogP contribution in [0.1, 0.15) is 15.9 Å². The molecule has 0 saturated carbocycles. The molecule has 1 amide bonds. The van der Waals surface area contributed by atoms with Gasteiger partial charge in [0.05, 0.1) is 21.3 Å². The summed E-state index contributed by atoms with van der Waals surface area (Å²) in [6, 6.07) is 7.50. The average Bonchev–Trinajstić information content (AvgIpc) is 2.33. The van der Waals surface area contributed by atoms with Crippen LogP contribution in [0.5, 0.6) is 0 Å². The number of halogens is 4. The predicted octanol–water partition coefficient (Wildman–Crippen LogP) is 5.46. The number of aryl methyl sites for hydroxylation is 1. The number of hydrogen-bond acceptors (Lipinski definition) is 1. The fourth-order valence-corrected chi connectivity index (χ4v) is 2.88. The summed E-state index contributed by atoms with van der Waals surface area (Å²) in [6.07, 6.45) is 0. The minimum atomic E-state index is -0.561. The minimum absolute atomic E-state index is 0.0478. The maximum absolute atomic E-state index is 13.1. The number of amides is 1. The smallest absolute Gasteiger partial charge is 0.256 e. The molecular formula is C14H9BrCl2FNO. The first-order chi connectivity index (χ1) is 9.38. The monoisotopic (exact) mass is 375 g/mol. The second kappa shape index (κ2) is 6.12. The van der Waals surface area contributed by atoms with E-state index in [1.54, 1.807) is 6.07 Å². The zero-order valence-electron chi connectivity index (χ0n) is 10.3. The standard InChI is InChI=1S/C14H9BrCl2FNO/c1-7-2-3-9(10(15)4-7)14(20)19-13-11(16)5-8(18)6-12(13)17/h2-6H,1H3,(H,19,20). The summed E-state index contributed by atoms with van der Waals surface area (Å²) >= 11 is 15.1. The van der Waals surface area contributed by atoms with Gasteiger partial charge in [-0.25, -0.2) is 4.39 Å². The minimum Gasteiger partial charge on any atom is -0.319 e. The molecule has 0 atom stereocenters. The third-order valence-corrected chi connectivity index (χ3v) is 3.87. The maximum Gasteiger partial charge on any atom is 0.256 e. The van der Waals surface area contributed by atoms with Crippen LogP contribution in [-0.4, -0.2) is 5.91 Å². The van der Waals surface area contributed by atoms with E-state index in [0.29, 0.717) is 10.0 Å². The van der Waals surface area contributed by atoms with Gasteiger partial charge in [-0.1, -0.05) is 29.3 Å². The Balaban J connectivity index is 2.33. The highest BCUT2D eigenvalue weighted by Gasteiger charge is 2.15. The van der Waals surface area contributed by atoms with Crippen molar-refractivity contribution in [3.8, 4) is 0 Å². The van der Waals surface area contributed by atoms with Crippen LogP contribution in [0.2, 0.25) is 10.0 Å². The van der Waals surface area contributed by atoms with Gasteiger partial charge in [-0.2, -0.15) is 0 Å². The Morgan fingerprint density at radius 1 is 1.20 bits per heavy atom. The summed E-state index contributed by atoms with van der Waals surface area (Å²) in [6.45, 7) is 1.92. The highest BCUT2D eigenvalue weighted by atomic mass is 79.9.